The number of amides is 3. The molecule has 196 valence electrons. The second-order valence-corrected chi connectivity index (χ2v) is 10.1. The number of halogens is 1. The van der Waals surface area contributed by atoms with E-state index >= 15 is 0 Å². The zero-order valence-corrected chi connectivity index (χ0v) is 22.3. The molecule has 10 heteroatoms. The minimum Gasteiger partial charge on any atom is -0.491 e. The fourth-order valence-corrected chi connectivity index (χ4v) is 4.16. The van der Waals surface area contributed by atoms with Crippen molar-refractivity contribution in [3.05, 3.63) is 45.8 Å². The number of aromatic nitrogens is 1. The summed E-state index contributed by atoms with van der Waals surface area (Å²) in [7, 11) is 0. The van der Waals surface area contributed by atoms with Gasteiger partial charge in [-0.1, -0.05) is 44.5 Å². The van der Waals surface area contributed by atoms with Gasteiger partial charge in [-0.15, -0.1) is 0 Å². The average Bonchev–Trinajstić information content (AvgIpc) is 3.21. The normalized spacial score (nSPS) is 18.1. The van der Waals surface area contributed by atoms with Crippen molar-refractivity contribution in [1.29, 1.82) is 0 Å². The fourth-order valence-electron chi connectivity index (χ4n) is 3.99. The lowest BCUT2D eigenvalue weighted by atomic mass is 10.0. The van der Waals surface area contributed by atoms with Gasteiger partial charge in [0.1, 0.15) is 23.7 Å². The lowest BCUT2D eigenvalue weighted by molar-refractivity contribution is -0.123. The molecule has 2 N–H and O–H groups in total. The molecule has 2 heterocycles. The highest BCUT2D eigenvalue weighted by atomic mass is 35.5. The van der Waals surface area contributed by atoms with E-state index in [2.05, 4.69) is 15.8 Å². The molecule has 0 aliphatic carbocycles. The van der Waals surface area contributed by atoms with E-state index in [1.165, 1.54) is 4.90 Å². The first-order chi connectivity index (χ1) is 17.1. The van der Waals surface area contributed by atoms with Crippen LogP contribution < -0.4 is 15.4 Å². The number of carbonyl (C=O) groups is 3. The van der Waals surface area contributed by atoms with Gasteiger partial charge >= 0.3 is 0 Å². The molecule has 0 fully saturated rings. The van der Waals surface area contributed by atoms with Crippen LogP contribution in [0.1, 0.15) is 78.6 Å². The first-order valence-corrected chi connectivity index (χ1v) is 12.7. The summed E-state index contributed by atoms with van der Waals surface area (Å²) >= 11 is 6.12. The van der Waals surface area contributed by atoms with Crippen molar-refractivity contribution < 1.29 is 23.6 Å². The Hall–Kier alpha value is -3.07. The van der Waals surface area contributed by atoms with Crippen molar-refractivity contribution >= 4 is 29.3 Å². The van der Waals surface area contributed by atoms with Crippen molar-refractivity contribution in [2.75, 3.05) is 26.2 Å². The van der Waals surface area contributed by atoms with Crippen LogP contribution in [0.3, 0.4) is 0 Å². The van der Waals surface area contributed by atoms with Crippen LogP contribution in [0, 0.1) is 12.8 Å². The Morgan fingerprint density at radius 1 is 1.19 bits per heavy atom. The van der Waals surface area contributed by atoms with Crippen LogP contribution in [-0.2, 0) is 4.79 Å². The van der Waals surface area contributed by atoms with Crippen LogP contribution in [0.4, 0.5) is 0 Å². The number of nitrogens with one attached hydrogen (secondary N) is 2. The first kappa shape index (κ1) is 27.5. The second kappa shape index (κ2) is 12.3. The molecule has 0 spiro atoms. The molecule has 1 aromatic carbocycles. The van der Waals surface area contributed by atoms with Crippen molar-refractivity contribution in [3.8, 4) is 5.75 Å². The Morgan fingerprint density at radius 3 is 2.64 bits per heavy atom. The van der Waals surface area contributed by atoms with E-state index in [0.29, 0.717) is 59.3 Å². The zero-order valence-electron chi connectivity index (χ0n) is 21.5. The zero-order chi connectivity index (χ0) is 26.4. The van der Waals surface area contributed by atoms with Crippen LogP contribution in [0.15, 0.2) is 22.7 Å². The second-order valence-electron chi connectivity index (χ2n) is 9.71. The maximum atomic E-state index is 13.5. The summed E-state index contributed by atoms with van der Waals surface area (Å²) < 4.78 is 11.3. The lowest BCUT2D eigenvalue weighted by Gasteiger charge is -2.26. The fraction of sp³-hybridized carbons (Fsp3) is 0.538. The van der Waals surface area contributed by atoms with E-state index in [1.54, 1.807) is 25.1 Å². The molecule has 0 saturated heterocycles. The molecule has 1 aromatic heterocycles. The number of fused-ring (bicyclic) bond motifs is 1. The predicted octanol–water partition coefficient (Wildman–Crippen LogP) is 3.95. The van der Waals surface area contributed by atoms with Crippen LogP contribution in [0.2, 0.25) is 5.02 Å². The SMILES string of the molecule is Cc1onc(C(C)C)c1C(=O)N1CCCCNC(=O)c2cc(Cl)ccc2OC[C@@H](C(C)C)NC(=O)C1. The Labute approximate surface area is 216 Å². The molecular weight excluding hydrogens is 484 g/mol. The highest BCUT2D eigenvalue weighted by molar-refractivity contribution is 6.31. The molecule has 1 atom stereocenters. The summed E-state index contributed by atoms with van der Waals surface area (Å²) in [5, 5.41) is 10.4. The molecule has 9 nitrogen and oxygen atoms in total. The van der Waals surface area contributed by atoms with Crippen molar-refractivity contribution in [2.45, 2.75) is 59.4 Å². The molecule has 1 aliphatic rings. The quantitative estimate of drug-likeness (QED) is 0.636. The third-order valence-electron chi connectivity index (χ3n) is 6.17. The molecular formula is C26H35ClN4O5. The van der Waals surface area contributed by atoms with Crippen LogP contribution >= 0.6 is 11.6 Å². The largest absolute Gasteiger partial charge is 0.491 e. The number of nitrogens with zero attached hydrogens (tertiary/aromatic N) is 2. The van der Waals surface area contributed by atoms with Gasteiger partial charge in [0.05, 0.1) is 23.8 Å². The number of hydrogen-bond acceptors (Lipinski definition) is 6. The van der Waals surface area contributed by atoms with Crippen molar-refractivity contribution in [1.82, 2.24) is 20.7 Å². The van der Waals surface area contributed by atoms with Gasteiger partial charge in [-0.2, -0.15) is 0 Å². The van der Waals surface area contributed by atoms with Gasteiger partial charge in [-0.3, -0.25) is 14.4 Å². The summed E-state index contributed by atoms with van der Waals surface area (Å²) in [6.07, 6.45) is 1.20. The summed E-state index contributed by atoms with van der Waals surface area (Å²) in [5.41, 5.74) is 1.32. The molecule has 0 radical (unpaired) electrons. The smallest absolute Gasteiger partial charge is 0.259 e. The van der Waals surface area contributed by atoms with E-state index < -0.39 is 0 Å². The maximum Gasteiger partial charge on any atom is 0.259 e. The monoisotopic (exact) mass is 518 g/mol. The number of benzene rings is 1. The minimum atomic E-state index is -0.338. The average molecular weight is 519 g/mol. The number of carbonyl (C=O) groups excluding carboxylic acids is 3. The number of aryl methyl sites for hydroxylation is 1. The molecule has 0 saturated carbocycles. The molecule has 36 heavy (non-hydrogen) atoms. The van der Waals surface area contributed by atoms with Gasteiger partial charge in [-0.05, 0) is 49.8 Å². The maximum absolute atomic E-state index is 13.5. The Kier molecular flexibility index (Phi) is 9.37. The first-order valence-electron chi connectivity index (χ1n) is 12.3. The minimum absolute atomic E-state index is 0.00787. The van der Waals surface area contributed by atoms with Gasteiger partial charge in [0.25, 0.3) is 11.8 Å². The summed E-state index contributed by atoms with van der Waals surface area (Å²) in [5.74, 6) is -0.00351. The Bertz CT molecular complexity index is 1100. The summed E-state index contributed by atoms with van der Waals surface area (Å²) in [6, 6.07) is 4.55. The predicted molar refractivity (Wildman–Crippen MR) is 137 cm³/mol. The van der Waals surface area contributed by atoms with E-state index in [-0.39, 0.29) is 48.8 Å². The van der Waals surface area contributed by atoms with E-state index in [4.69, 9.17) is 20.9 Å². The molecule has 0 unspecified atom stereocenters. The van der Waals surface area contributed by atoms with E-state index in [9.17, 15) is 14.4 Å². The third-order valence-corrected chi connectivity index (χ3v) is 6.40. The number of ether oxygens (including phenoxy) is 1. The molecule has 0 bridgehead atoms. The highest BCUT2D eigenvalue weighted by Gasteiger charge is 2.29. The summed E-state index contributed by atoms with van der Waals surface area (Å²) in [6.45, 7) is 10.3. The molecule has 3 amide bonds. The van der Waals surface area contributed by atoms with Crippen LogP contribution in [0.25, 0.3) is 0 Å². The van der Waals surface area contributed by atoms with E-state index in [0.717, 1.165) is 0 Å². The number of hydrogen-bond donors (Lipinski definition) is 2. The summed E-state index contributed by atoms with van der Waals surface area (Å²) in [4.78, 5) is 41.0. The molecule has 2 aromatic rings. The van der Waals surface area contributed by atoms with Crippen molar-refractivity contribution in [2.24, 2.45) is 5.92 Å². The van der Waals surface area contributed by atoms with Gasteiger partial charge in [-0.25, -0.2) is 0 Å². The van der Waals surface area contributed by atoms with Crippen LogP contribution in [-0.4, -0.2) is 60.1 Å². The third kappa shape index (κ3) is 6.78. The number of rotatable bonds is 3. The lowest BCUT2D eigenvalue weighted by Crippen LogP contribution is -2.48. The standard InChI is InChI=1S/C26H35ClN4O5/c1-15(2)20-14-35-21-9-8-18(27)12-19(21)25(33)28-10-6-7-11-31(13-22(32)29-20)26(34)23-17(5)36-30-24(23)16(3)4/h8-9,12,15-16,20H,6-7,10-11,13-14H2,1-5H3,(H,28,33)(H,29,32)/t20-/m0/s1. The Balaban J connectivity index is 1.86. The molecule has 3 rings (SSSR count). The van der Waals surface area contributed by atoms with Gasteiger partial charge < -0.3 is 24.8 Å². The Morgan fingerprint density at radius 2 is 1.94 bits per heavy atom. The van der Waals surface area contributed by atoms with Crippen molar-refractivity contribution in [3.63, 3.8) is 0 Å². The van der Waals surface area contributed by atoms with Gasteiger partial charge in [0.15, 0.2) is 0 Å². The van der Waals surface area contributed by atoms with Gasteiger partial charge in [0, 0.05) is 18.1 Å². The van der Waals surface area contributed by atoms with Crippen LogP contribution in [0.5, 0.6) is 5.75 Å². The topological polar surface area (TPSA) is 114 Å². The van der Waals surface area contributed by atoms with E-state index in [1.807, 2.05) is 27.7 Å². The highest BCUT2D eigenvalue weighted by Crippen LogP contribution is 2.25. The molecule has 1 aliphatic heterocycles. The van der Waals surface area contributed by atoms with Gasteiger partial charge in [0.2, 0.25) is 5.91 Å².